The Morgan fingerprint density at radius 2 is 1.94 bits per heavy atom. The van der Waals surface area contributed by atoms with Gasteiger partial charge in [0.05, 0.1) is 4.88 Å². The summed E-state index contributed by atoms with van der Waals surface area (Å²) < 4.78 is 10.5. The molecule has 1 amide bonds. The molecule has 0 bridgehead atoms. The number of hydrogen-bond donors (Lipinski definition) is 1. The summed E-state index contributed by atoms with van der Waals surface area (Å²) in [5.74, 6) is -0.694. The van der Waals surface area contributed by atoms with Crippen LogP contribution in [0.25, 0.3) is 11.5 Å². The number of benzene rings is 1. The molecule has 0 atom stereocenters. The summed E-state index contributed by atoms with van der Waals surface area (Å²) in [5, 5.41) is 11.3. The van der Waals surface area contributed by atoms with E-state index in [9.17, 15) is 14.4 Å². The molecule has 162 valence electrons. The fraction of sp³-hybridized carbons (Fsp3) is 0.250. The number of Topliss-reactive ketones (excluding diaryl/α,β-unsaturated/α-hetero) is 1. The summed E-state index contributed by atoms with van der Waals surface area (Å²) in [6.45, 7) is 1.61. The van der Waals surface area contributed by atoms with Crippen molar-refractivity contribution in [3.63, 3.8) is 0 Å². The summed E-state index contributed by atoms with van der Waals surface area (Å²) in [6, 6.07) is 10.4. The number of nitrogens with one attached hydrogen (secondary N) is 1. The Labute approximate surface area is 191 Å². The van der Waals surface area contributed by atoms with Crippen molar-refractivity contribution >= 4 is 52.4 Å². The van der Waals surface area contributed by atoms with Gasteiger partial charge in [0.25, 0.3) is 5.22 Å². The van der Waals surface area contributed by atoms with Gasteiger partial charge in [0.1, 0.15) is 5.75 Å². The number of carbonyl (C=O) groups excluding carboxylic acids is 3. The van der Waals surface area contributed by atoms with Gasteiger partial charge in [0.2, 0.25) is 17.6 Å². The van der Waals surface area contributed by atoms with Gasteiger partial charge in [-0.3, -0.25) is 14.4 Å². The molecule has 0 spiro atoms. The summed E-state index contributed by atoms with van der Waals surface area (Å²) in [6.07, 6.45) is 0.635. The molecule has 0 aliphatic heterocycles. The molecular weight excluding hydrogens is 462 g/mol. The molecule has 0 saturated heterocycles. The predicted octanol–water partition coefficient (Wildman–Crippen LogP) is 3.65. The van der Waals surface area contributed by atoms with E-state index >= 15 is 0 Å². The number of rotatable bonds is 10. The zero-order valence-corrected chi connectivity index (χ0v) is 18.8. The molecular formula is C20H18ClN3O5S2. The maximum absolute atomic E-state index is 12.2. The van der Waals surface area contributed by atoms with Crippen molar-refractivity contribution < 1.29 is 23.5 Å². The van der Waals surface area contributed by atoms with Crippen LogP contribution in [0.15, 0.2) is 46.0 Å². The van der Waals surface area contributed by atoms with E-state index in [1.807, 2.05) is 6.07 Å². The monoisotopic (exact) mass is 479 g/mol. The van der Waals surface area contributed by atoms with E-state index in [0.717, 1.165) is 16.6 Å². The van der Waals surface area contributed by atoms with E-state index in [-0.39, 0.29) is 29.3 Å². The Balaban J connectivity index is 1.41. The summed E-state index contributed by atoms with van der Waals surface area (Å²) in [5.41, 5.74) is 0.712. The van der Waals surface area contributed by atoms with Crippen molar-refractivity contribution in [3.05, 3.63) is 51.2 Å². The van der Waals surface area contributed by atoms with Crippen LogP contribution in [0.1, 0.15) is 21.5 Å². The lowest BCUT2D eigenvalue weighted by molar-refractivity contribution is -0.139. The Morgan fingerprint density at radius 1 is 1.16 bits per heavy atom. The minimum absolute atomic E-state index is 0.0675. The Hall–Kier alpha value is -2.69. The predicted molar refractivity (Wildman–Crippen MR) is 117 cm³/mol. The molecule has 1 aromatic carbocycles. The summed E-state index contributed by atoms with van der Waals surface area (Å²) in [4.78, 5) is 36.5. The van der Waals surface area contributed by atoms with Crippen LogP contribution < -0.4 is 5.32 Å². The zero-order valence-electron chi connectivity index (χ0n) is 16.4. The van der Waals surface area contributed by atoms with Crippen molar-refractivity contribution in [3.8, 4) is 11.5 Å². The molecule has 2 heterocycles. The minimum atomic E-state index is -0.563. The van der Waals surface area contributed by atoms with Crippen LogP contribution in [0.2, 0.25) is 5.02 Å². The van der Waals surface area contributed by atoms with Gasteiger partial charge < -0.3 is 14.5 Å². The third-order valence-corrected chi connectivity index (χ3v) is 6.09. The number of carbonyl (C=O) groups is 3. The normalized spacial score (nSPS) is 10.6. The maximum atomic E-state index is 12.2. The van der Waals surface area contributed by atoms with Crippen molar-refractivity contribution in [2.45, 2.75) is 18.6 Å². The van der Waals surface area contributed by atoms with Crippen LogP contribution in [0.5, 0.6) is 0 Å². The van der Waals surface area contributed by atoms with Crippen molar-refractivity contribution in [2.24, 2.45) is 0 Å². The molecule has 8 nitrogen and oxygen atoms in total. The van der Waals surface area contributed by atoms with E-state index < -0.39 is 5.97 Å². The molecule has 2 aromatic heterocycles. The molecule has 0 unspecified atom stereocenters. The number of halogens is 1. The zero-order chi connectivity index (χ0) is 22.2. The molecule has 3 rings (SSSR count). The van der Waals surface area contributed by atoms with Crippen LogP contribution in [0.3, 0.4) is 0 Å². The first-order valence-electron chi connectivity index (χ1n) is 9.15. The van der Waals surface area contributed by atoms with Gasteiger partial charge in [-0.05, 0) is 42.8 Å². The number of hydrogen-bond acceptors (Lipinski definition) is 9. The average molecular weight is 480 g/mol. The number of amides is 1. The number of ketones is 1. The third-order valence-electron chi connectivity index (χ3n) is 3.86. The van der Waals surface area contributed by atoms with Crippen LogP contribution in [0, 0.1) is 0 Å². The molecule has 0 aliphatic rings. The fourth-order valence-electron chi connectivity index (χ4n) is 2.38. The number of ether oxygens (including phenoxy) is 1. The molecule has 0 aliphatic carbocycles. The van der Waals surface area contributed by atoms with Gasteiger partial charge in [-0.1, -0.05) is 23.4 Å². The van der Waals surface area contributed by atoms with E-state index in [0.29, 0.717) is 34.3 Å². The average Bonchev–Trinajstić information content (AvgIpc) is 3.41. The van der Waals surface area contributed by atoms with E-state index in [4.69, 9.17) is 20.8 Å². The van der Waals surface area contributed by atoms with Gasteiger partial charge in [0, 0.05) is 28.9 Å². The highest BCUT2D eigenvalue weighted by atomic mass is 35.5. The molecule has 1 N–H and O–H groups in total. The highest BCUT2D eigenvalue weighted by Gasteiger charge is 2.15. The van der Waals surface area contributed by atoms with Gasteiger partial charge in [0.15, 0.2) is 6.61 Å². The van der Waals surface area contributed by atoms with Crippen molar-refractivity contribution in [2.75, 3.05) is 18.9 Å². The van der Waals surface area contributed by atoms with Gasteiger partial charge >= 0.3 is 5.97 Å². The molecule has 0 saturated carbocycles. The molecule has 3 aromatic rings. The summed E-state index contributed by atoms with van der Waals surface area (Å²) >= 11 is 8.20. The maximum Gasteiger partial charge on any atom is 0.316 e. The molecule has 0 fully saturated rings. The SMILES string of the molecule is CC(=O)NCCc1ccc(C(=O)COC(=O)CSc2nnc(-c3ccc(Cl)cc3)o2)s1. The highest BCUT2D eigenvalue weighted by molar-refractivity contribution is 7.99. The number of nitrogens with zero attached hydrogens (tertiary/aromatic N) is 2. The number of thioether (sulfide) groups is 1. The van der Waals surface area contributed by atoms with Crippen LogP contribution in [0.4, 0.5) is 0 Å². The second-order valence-corrected chi connectivity index (χ2v) is 8.78. The minimum Gasteiger partial charge on any atom is -0.457 e. The van der Waals surface area contributed by atoms with E-state index in [2.05, 4.69) is 15.5 Å². The van der Waals surface area contributed by atoms with Crippen LogP contribution in [-0.2, 0) is 20.7 Å². The lowest BCUT2D eigenvalue weighted by Gasteiger charge is -2.02. The standard InChI is InChI=1S/C20H18ClN3O5S2/c1-12(25)22-9-8-15-6-7-17(31-15)16(26)10-28-18(27)11-30-20-24-23-19(29-20)13-2-4-14(21)5-3-13/h2-7H,8-11H2,1H3,(H,22,25). The molecule has 11 heteroatoms. The molecule has 31 heavy (non-hydrogen) atoms. The first-order chi connectivity index (χ1) is 14.9. The fourth-order valence-corrected chi connectivity index (χ4v) is 4.00. The Bertz CT molecular complexity index is 1060. The van der Waals surface area contributed by atoms with E-state index in [1.54, 1.807) is 30.3 Å². The quantitative estimate of drug-likeness (QED) is 0.266. The lowest BCUT2D eigenvalue weighted by atomic mass is 10.2. The van der Waals surface area contributed by atoms with E-state index in [1.165, 1.54) is 18.3 Å². The second kappa shape index (κ2) is 11.1. The first kappa shape index (κ1) is 23.0. The first-order valence-corrected chi connectivity index (χ1v) is 11.3. The van der Waals surface area contributed by atoms with Crippen molar-refractivity contribution in [1.29, 1.82) is 0 Å². The smallest absolute Gasteiger partial charge is 0.316 e. The Morgan fingerprint density at radius 3 is 2.68 bits per heavy atom. The topological polar surface area (TPSA) is 111 Å². The second-order valence-electron chi connectivity index (χ2n) is 6.25. The lowest BCUT2D eigenvalue weighted by Crippen LogP contribution is -2.22. The number of aromatic nitrogens is 2. The highest BCUT2D eigenvalue weighted by Crippen LogP contribution is 2.24. The van der Waals surface area contributed by atoms with Gasteiger partial charge in [-0.25, -0.2) is 0 Å². The summed E-state index contributed by atoms with van der Waals surface area (Å²) in [7, 11) is 0. The van der Waals surface area contributed by atoms with Crippen molar-refractivity contribution in [1.82, 2.24) is 15.5 Å². The largest absolute Gasteiger partial charge is 0.457 e. The van der Waals surface area contributed by atoms with Gasteiger partial charge in [-0.15, -0.1) is 21.5 Å². The van der Waals surface area contributed by atoms with Crippen LogP contribution >= 0.6 is 34.7 Å². The van der Waals surface area contributed by atoms with Gasteiger partial charge in [-0.2, -0.15) is 0 Å². The number of thiophene rings is 1. The third kappa shape index (κ3) is 7.20. The molecule has 0 radical (unpaired) electrons. The number of esters is 1. The van der Waals surface area contributed by atoms with Crippen LogP contribution in [-0.4, -0.2) is 46.8 Å². The Kier molecular flexibility index (Phi) is 8.21.